The molecule has 4 fully saturated rings. The monoisotopic (exact) mass is 558 g/mol. The molecule has 11 heteroatoms. The zero-order valence-corrected chi connectivity index (χ0v) is 22.2. The highest BCUT2D eigenvalue weighted by molar-refractivity contribution is 7.11. The molecule has 206 valence electrons. The molecule has 4 aliphatic carbocycles. The summed E-state index contributed by atoms with van der Waals surface area (Å²) in [6, 6.07) is 3.83. The second-order valence-corrected chi connectivity index (χ2v) is 13.4. The first kappa shape index (κ1) is 25.0. The third kappa shape index (κ3) is 4.06. The Morgan fingerprint density at radius 3 is 2.62 bits per heavy atom. The van der Waals surface area contributed by atoms with E-state index >= 15 is 0 Å². The zero-order valence-electron chi connectivity index (χ0n) is 21.3. The molecular formula is C28H29F3N4O3S. The number of carboxylic acid groups (broad SMARTS) is 1. The van der Waals surface area contributed by atoms with E-state index in [1.54, 1.807) is 6.20 Å². The normalized spacial score (nSPS) is 29.7. The van der Waals surface area contributed by atoms with Gasteiger partial charge in [0.2, 0.25) is 5.91 Å². The zero-order chi connectivity index (χ0) is 27.2. The van der Waals surface area contributed by atoms with Crippen molar-refractivity contribution in [3.8, 4) is 0 Å². The molecule has 39 heavy (non-hydrogen) atoms. The standard InChI is InChI=1S/C28H29F3N4O3S/c29-28(30,31)24-33-12-18(39-24)13-35-21-14-34(5-3-19(21)20-2-1-4-32-23(20)35)22(36)11-26-7-16-6-17(8-26)10-27(9-16,15-26)25(37)38/h1-2,4,12,16-17H,3,5-11,13-15H2,(H,37,38). The number of carbonyl (C=O) groups excluding carboxylic acids is 1. The van der Waals surface area contributed by atoms with Crippen molar-refractivity contribution in [2.45, 2.75) is 70.6 Å². The summed E-state index contributed by atoms with van der Waals surface area (Å²) in [6.07, 6.45) is 4.48. The molecule has 5 aliphatic rings. The summed E-state index contributed by atoms with van der Waals surface area (Å²) < 4.78 is 41.5. The van der Waals surface area contributed by atoms with Crippen LogP contribution in [0.5, 0.6) is 0 Å². The number of amides is 1. The van der Waals surface area contributed by atoms with E-state index in [1.165, 1.54) is 6.20 Å². The molecular weight excluding hydrogens is 529 g/mol. The van der Waals surface area contributed by atoms with Crippen molar-refractivity contribution in [2.24, 2.45) is 22.7 Å². The number of fused-ring (bicyclic) bond motifs is 3. The highest BCUT2D eigenvalue weighted by Crippen LogP contribution is 2.66. The van der Waals surface area contributed by atoms with Gasteiger partial charge < -0.3 is 14.6 Å². The number of alkyl halides is 3. The molecule has 3 aromatic rings. The number of thiazole rings is 1. The van der Waals surface area contributed by atoms with Crippen molar-refractivity contribution >= 4 is 34.2 Å². The lowest BCUT2D eigenvalue weighted by Crippen LogP contribution is -2.56. The van der Waals surface area contributed by atoms with Crippen LogP contribution >= 0.6 is 11.3 Å². The van der Waals surface area contributed by atoms with Gasteiger partial charge in [0, 0.05) is 41.3 Å². The Kier molecular flexibility index (Phi) is 5.47. The lowest BCUT2D eigenvalue weighted by molar-refractivity contribution is -0.178. The number of aliphatic carboxylic acids is 1. The van der Waals surface area contributed by atoms with E-state index in [1.807, 2.05) is 21.6 Å². The fourth-order valence-electron chi connectivity index (χ4n) is 8.65. The molecule has 4 heterocycles. The van der Waals surface area contributed by atoms with Gasteiger partial charge in [0.1, 0.15) is 5.65 Å². The number of carboxylic acids is 1. The van der Waals surface area contributed by atoms with Crippen LogP contribution in [-0.2, 0) is 35.3 Å². The third-order valence-electron chi connectivity index (χ3n) is 9.64. The molecule has 0 spiro atoms. The molecule has 0 saturated heterocycles. The first-order chi connectivity index (χ1) is 18.5. The summed E-state index contributed by atoms with van der Waals surface area (Å²) in [4.78, 5) is 36.5. The molecule has 0 radical (unpaired) electrons. The van der Waals surface area contributed by atoms with Gasteiger partial charge in [-0.15, -0.1) is 11.3 Å². The summed E-state index contributed by atoms with van der Waals surface area (Å²) in [5.41, 5.74) is 1.76. The summed E-state index contributed by atoms with van der Waals surface area (Å²) in [6.45, 7) is 1.13. The van der Waals surface area contributed by atoms with Crippen molar-refractivity contribution in [1.82, 2.24) is 19.4 Å². The topological polar surface area (TPSA) is 88.3 Å². The van der Waals surface area contributed by atoms with Crippen LogP contribution in [0.1, 0.15) is 66.1 Å². The minimum atomic E-state index is -4.49. The Morgan fingerprint density at radius 2 is 1.92 bits per heavy atom. The number of aromatic nitrogens is 3. The second-order valence-electron chi connectivity index (χ2n) is 12.3. The van der Waals surface area contributed by atoms with Crippen LogP contribution in [0.4, 0.5) is 13.2 Å². The van der Waals surface area contributed by atoms with E-state index in [0.29, 0.717) is 66.0 Å². The lowest BCUT2D eigenvalue weighted by atomic mass is 9.43. The van der Waals surface area contributed by atoms with Crippen LogP contribution in [0.15, 0.2) is 24.5 Å². The minimum absolute atomic E-state index is 0.0463. The molecule has 3 aromatic heterocycles. The SMILES string of the molecule is O=C(CC12CC3CC(C1)CC(C(=O)O)(C3)C2)N1CCc2c(n(Cc3cnc(C(F)(F)F)s3)c3ncccc23)C1. The van der Waals surface area contributed by atoms with E-state index in [0.717, 1.165) is 48.7 Å². The Morgan fingerprint density at radius 1 is 1.15 bits per heavy atom. The summed E-state index contributed by atoms with van der Waals surface area (Å²) in [5, 5.41) is 10.2. The van der Waals surface area contributed by atoms with Crippen LogP contribution in [0, 0.1) is 22.7 Å². The highest BCUT2D eigenvalue weighted by Gasteiger charge is 2.61. The minimum Gasteiger partial charge on any atom is -0.481 e. The maximum atomic E-state index is 13.8. The van der Waals surface area contributed by atoms with Crippen LogP contribution in [0.2, 0.25) is 0 Å². The maximum absolute atomic E-state index is 13.8. The lowest BCUT2D eigenvalue weighted by Gasteiger charge is -2.60. The van der Waals surface area contributed by atoms with E-state index in [-0.39, 0.29) is 17.9 Å². The van der Waals surface area contributed by atoms with Gasteiger partial charge in [0.15, 0.2) is 5.01 Å². The first-order valence-electron chi connectivity index (χ1n) is 13.5. The average molecular weight is 559 g/mol. The number of rotatable bonds is 5. The summed E-state index contributed by atoms with van der Waals surface area (Å²) in [7, 11) is 0. The number of carbonyl (C=O) groups is 2. The van der Waals surface area contributed by atoms with Crippen LogP contribution in [0.3, 0.4) is 0 Å². The molecule has 8 rings (SSSR count). The fourth-order valence-corrected chi connectivity index (χ4v) is 9.42. The van der Waals surface area contributed by atoms with E-state index in [2.05, 4.69) is 9.97 Å². The molecule has 4 saturated carbocycles. The van der Waals surface area contributed by atoms with E-state index in [9.17, 15) is 27.9 Å². The largest absolute Gasteiger partial charge is 0.481 e. The fraction of sp³-hybridized carbons (Fsp3) is 0.571. The number of nitrogens with zero attached hydrogens (tertiary/aromatic N) is 4. The number of hydrogen-bond donors (Lipinski definition) is 1. The van der Waals surface area contributed by atoms with Gasteiger partial charge in [-0.3, -0.25) is 9.59 Å². The number of hydrogen-bond acceptors (Lipinski definition) is 5. The second kappa shape index (κ2) is 8.52. The van der Waals surface area contributed by atoms with Gasteiger partial charge in [-0.25, -0.2) is 9.97 Å². The van der Waals surface area contributed by atoms with Gasteiger partial charge in [-0.1, -0.05) is 0 Å². The molecule has 2 unspecified atom stereocenters. The predicted molar refractivity (Wildman–Crippen MR) is 137 cm³/mol. The first-order valence-corrected chi connectivity index (χ1v) is 14.3. The smallest absolute Gasteiger partial charge is 0.443 e. The number of pyridine rings is 1. The molecule has 0 aromatic carbocycles. The maximum Gasteiger partial charge on any atom is 0.443 e. The van der Waals surface area contributed by atoms with E-state index < -0.39 is 22.6 Å². The van der Waals surface area contributed by atoms with Gasteiger partial charge >= 0.3 is 12.1 Å². The third-order valence-corrected chi connectivity index (χ3v) is 10.7. The molecule has 2 atom stereocenters. The Labute approximate surface area is 227 Å². The van der Waals surface area contributed by atoms with Crippen molar-refractivity contribution < 1.29 is 27.9 Å². The van der Waals surface area contributed by atoms with Gasteiger partial charge in [0.25, 0.3) is 0 Å². The van der Waals surface area contributed by atoms with Crippen molar-refractivity contribution in [2.75, 3.05) is 6.54 Å². The van der Waals surface area contributed by atoms with Gasteiger partial charge in [-0.05, 0) is 79.9 Å². The average Bonchev–Trinajstić information content (AvgIpc) is 3.46. The van der Waals surface area contributed by atoms with Crippen molar-refractivity contribution in [3.63, 3.8) is 0 Å². The van der Waals surface area contributed by atoms with Crippen LogP contribution < -0.4 is 0 Å². The van der Waals surface area contributed by atoms with Crippen LogP contribution in [-0.4, -0.2) is 43.0 Å². The Bertz CT molecular complexity index is 1480. The Hall–Kier alpha value is -2.95. The van der Waals surface area contributed by atoms with Crippen molar-refractivity contribution in [1.29, 1.82) is 0 Å². The van der Waals surface area contributed by atoms with Crippen LogP contribution in [0.25, 0.3) is 11.0 Å². The van der Waals surface area contributed by atoms with Gasteiger partial charge in [-0.2, -0.15) is 13.2 Å². The Balaban J connectivity index is 1.16. The quantitative estimate of drug-likeness (QED) is 0.447. The summed E-state index contributed by atoms with van der Waals surface area (Å²) >= 11 is 0.630. The molecule has 1 amide bonds. The predicted octanol–water partition coefficient (Wildman–Crippen LogP) is 5.51. The summed E-state index contributed by atoms with van der Waals surface area (Å²) in [5.74, 6) is 0.116. The highest BCUT2D eigenvalue weighted by atomic mass is 32.1. The molecule has 7 nitrogen and oxygen atoms in total. The van der Waals surface area contributed by atoms with E-state index in [4.69, 9.17) is 0 Å². The number of halogens is 3. The molecule has 1 aliphatic heterocycles. The molecule has 1 N–H and O–H groups in total. The molecule has 4 bridgehead atoms. The van der Waals surface area contributed by atoms with Crippen molar-refractivity contribution in [3.05, 3.63) is 45.7 Å². The van der Waals surface area contributed by atoms with Gasteiger partial charge in [0.05, 0.1) is 18.5 Å².